The molecule has 0 saturated carbocycles. The first-order valence-electron chi connectivity index (χ1n) is 9.82. The number of anilines is 1. The zero-order valence-electron chi connectivity index (χ0n) is 15.7. The molecule has 2 N–H and O–H groups in total. The summed E-state index contributed by atoms with van der Waals surface area (Å²) in [6.45, 7) is 2.39. The van der Waals surface area contributed by atoms with E-state index in [-0.39, 0.29) is 11.7 Å². The lowest BCUT2D eigenvalue weighted by Gasteiger charge is -2.26. The summed E-state index contributed by atoms with van der Waals surface area (Å²) in [5.74, 6) is 1.35. The van der Waals surface area contributed by atoms with E-state index in [0.717, 1.165) is 50.1 Å². The summed E-state index contributed by atoms with van der Waals surface area (Å²) in [5.41, 5.74) is 2.17. The summed E-state index contributed by atoms with van der Waals surface area (Å²) in [4.78, 5) is 26.5. The standard InChI is InChI=1S/C21H24FN5O/c22-16-6-7-17-18(14-16)26-19(25-17)5-4-9-23-20-13-15(8-10-24-20)21(28)27-11-2-1-3-12-27/h6-8,10,13-14H,1-5,9,11-12H2,(H,23,24)(H,25,26). The summed E-state index contributed by atoms with van der Waals surface area (Å²) < 4.78 is 13.3. The molecule has 2 aromatic heterocycles. The topological polar surface area (TPSA) is 73.9 Å². The number of nitrogens with one attached hydrogen (secondary N) is 2. The zero-order chi connectivity index (χ0) is 19.3. The van der Waals surface area contributed by atoms with Crippen molar-refractivity contribution in [3.8, 4) is 0 Å². The maximum atomic E-state index is 13.3. The monoisotopic (exact) mass is 381 g/mol. The van der Waals surface area contributed by atoms with Gasteiger partial charge in [-0.3, -0.25) is 4.79 Å². The third-order valence-corrected chi connectivity index (χ3v) is 5.04. The summed E-state index contributed by atoms with van der Waals surface area (Å²) in [7, 11) is 0. The number of hydrogen-bond donors (Lipinski definition) is 2. The van der Waals surface area contributed by atoms with E-state index in [1.54, 1.807) is 18.3 Å². The van der Waals surface area contributed by atoms with Crippen LogP contribution in [-0.4, -0.2) is 45.4 Å². The quantitative estimate of drug-likeness (QED) is 0.638. The van der Waals surface area contributed by atoms with Gasteiger partial charge in [0.1, 0.15) is 17.5 Å². The molecule has 7 heteroatoms. The van der Waals surface area contributed by atoms with Gasteiger partial charge in [-0.15, -0.1) is 0 Å². The van der Waals surface area contributed by atoms with Crippen molar-refractivity contribution in [2.45, 2.75) is 32.1 Å². The molecule has 146 valence electrons. The van der Waals surface area contributed by atoms with Gasteiger partial charge in [-0.25, -0.2) is 14.4 Å². The molecule has 1 amide bonds. The molecule has 3 aromatic rings. The molecule has 0 spiro atoms. The number of imidazole rings is 1. The van der Waals surface area contributed by atoms with E-state index >= 15 is 0 Å². The number of fused-ring (bicyclic) bond motifs is 1. The number of amides is 1. The number of aryl methyl sites for hydroxylation is 1. The molecule has 3 heterocycles. The highest BCUT2D eigenvalue weighted by Gasteiger charge is 2.18. The maximum Gasteiger partial charge on any atom is 0.254 e. The first-order chi connectivity index (χ1) is 13.7. The molecule has 28 heavy (non-hydrogen) atoms. The van der Waals surface area contributed by atoms with Gasteiger partial charge in [-0.1, -0.05) is 0 Å². The Kier molecular flexibility index (Phi) is 5.50. The van der Waals surface area contributed by atoms with Crippen LogP contribution in [0.5, 0.6) is 0 Å². The Morgan fingerprint density at radius 2 is 2.04 bits per heavy atom. The molecule has 0 unspecified atom stereocenters. The van der Waals surface area contributed by atoms with Crippen molar-refractivity contribution in [1.29, 1.82) is 0 Å². The van der Waals surface area contributed by atoms with Gasteiger partial charge in [0.05, 0.1) is 11.0 Å². The molecule has 6 nitrogen and oxygen atoms in total. The molecule has 0 bridgehead atoms. The van der Waals surface area contributed by atoms with Crippen molar-refractivity contribution in [2.24, 2.45) is 0 Å². The molecular weight excluding hydrogens is 357 g/mol. The first kappa shape index (κ1) is 18.4. The Bertz CT molecular complexity index is 964. The second-order valence-corrected chi connectivity index (χ2v) is 7.16. The minimum atomic E-state index is -0.269. The van der Waals surface area contributed by atoms with Crippen LogP contribution in [0, 0.1) is 5.82 Å². The number of halogens is 1. The minimum Gasteiger partial charge on any atom is -0.370 e. The molecular formula is C21H24FN5O. The van der Waals surface area contributed by atoms with Crippen molar-refractivity contribution in [3.63, 3.8) is 0 Å². The van der Waals surface area contributed by atoms with Gasteiger partial charge < -0.3 is 15.2 Å². The fourth-order valence-electron chi connectivity index (χ4n) is 3.57. The van der Waals surface area contributed by atoms with E-state index in [1.807, 2.05) is 11.0 Å². The third kappa shape index (κ3) is 4.30. The molecule has 1 aliphatic heterocycles. The number of likely N-dealkylation sites (tertiary alicyclic amines) is 1. The van der Waals surface area contributed by atoms with Crippen molar-refractivity contribution < 1.29 is 9.18 Å². The highest BCUT2D eigenvalue weighted by atomic mass is 19.1. The van der Waals surface area contributed by atoms with E-state index in [0.29, 0.717) is 23.4 Å². The minimum absolute atomic E-state index is 0.0830. The number of benzene rings is 1. The van der Waals surface area contributed by atoms with Gasteiger partial charge in [0.2, 0.25) is 0 Å². The van der Waals surface area contributed by atoms with Crippen LogP contribution in [0.1, 0.15) is 41.9 Å². The van der Waals surface area contributed by atoms with Crippen molar-refractivity contribution in [1.82, 2.24) is 19.9 Å². The SMILES string of the molecule is O=C(c1ccnc(NCCCc2nc3ccc(F)cc3[nH]2)c1)N1CCCCC1. The summed E-state index contributed by atoms with van der Waals surface area (Å²) in [6, 6.07) is 8.14. The molecule has 0 atom stereocenters. The van der Waals surface area contributed by atoms with Crippen molar-refractivity contribution >= 4 is 22.8 Å². The molecule has 0 radical (unpaired) electrons. The predicted octanol–water partition coefficient (Wildman–Crippen LogP) is 3.77. The normalized spacial score (nSPS) is 14.4. The summed E-state index contributed by atoms with van der Waals surface area (Å²) in [5, 5.41) is 3.27. The lowest BCUT2D eigenvalue weighted by atomic mass is 10.1. The second kappa shape index (κ2) is 8.37. The number of nitrogens with zero attached hydrogens (tertiary/aromatic N) is 3. The number of carbonyl (C=O) groups is 1. The van der Waals surface area contributed by atoms with Gasteiger partial charge in [0, 0.05) is 37.8 Å². The van der Waals surface area contributed by atoms with Gasteiger partial charge in [-0.05, 0) is 56.0 Å². The molecule has 4 rings (SSSR count). The van der Waals surface area contributed by atoms with Gasteiger partial charge in [0.25, 0.3) is 5.91 Å². The van der Waals surface area contributed by atoms with Crippen molar-refractivity contribution in [2.75, 3.05) is 25.0 Å². The summed E-state index contributed by atoms with van der Waals surface area (Å²) in [6.07, 6.45) is 6.62. The number of pyridine rings is 1. The fraction of sp³-hybridized carbons (Fsp3) is 0.381. The van der Waals surface area contributed by atoms with Crippen LogP contribution in [0.15, 0.2) is 36.5 Å². The number of carbonyl (C=O) groups excluding carboxylic acids is 1. The van der Waals surface area contributed by atoms with E-state index in [2.05, 4.69) is 20.3 Å². The second-order valence-electron chi connectivity index (χ2n) is 7.16. The molecule has 1 saturated heterocycles. The Morgan fingerprint density at radius 3 is 2.89 bits per heavy atom. The largest absolute Gasteiger partial charge is 0.370 e. The first-order valence-corrected chi connectivity index (χ1v) is 9.82. The van der Waals surface area contributed by atoms with E-state index < -0.39 is 0 Å². The fourth-order valence-corrected chi connectivity index (χ4v) is 3.57. The van der Waals surface area contributed by atoms with Gasteiger partial charge in [-0.2, -0.15) is 0 Å². The van der Waals surface area contributed by atoms with Crippen LogP contribution < -0.4 is 5.32 Å². The highest BCUT2D eigenvalue weighted by molar-refractivity contribution is 5.94. The van der Waals surface area contributed by atoms with Crippen LogP contribution in [0.2, 0.25) is 0 Å². The van der Waals surface area contributed by atoms with E-state index in [4.69, 9.17) is 0 Å². The van der Waals surface area contributed by atoms with Crippen LogP contribution in [0.3, 0.4) is 0 Å². The molecule has 0 aliphatic carbocycles. The van der Waals surface area contributed by atoms with Crippen LogP contribution in [-0.2, 0) is 6.42 Å². The van der Waals surface area contributed by atoms with Gasteiger partial charge >= 0.3 is 0 Å². The van der Waals surface area contributed by atoms with E-state index in [1.165, 1.54) is 18.6 Å². The highest BCUT2D eigenvalue weighted by Crippen LogP contribution is 2.16. The Morgan fingerprint density at radius 1 is 1.18 bits per heavy atom. The Hall–Kier alpha value is -2.96. The lowest BCUT2D eigenvalue weighted by molar-refractivity contribution is 0.0724. The molecule has 1 aromatic carbocycles. The smallest absolute Gasteiger partial charge is 0.254 e. The number of aromatic amines is 1. The third-order valence-electron chi connectivity index (χ3n) is 5.04. The van der Waals surface area contributed by atoms with Crippen LogP contribution in [0.25, 0.3) is 11.0 Å². The Labute approximate surface area is 163 Å². The Balaban J connectivity index is 1.30. The number of rotatable bonds is 6. The average Bonchev–Trinajstić information content (AvgIpc) is 3.13. The number of hydrogen-bond acceptors (Lipinski definition) is 4. The van der Waals surface area contributed by atoms with Crippen molar-refractivity contribution in [3.05, 3.63) is 53.7 Å². The van der Waals surface area contributed by atoms with E-state index in [9.17, 15) is 9.18 Å². The lowest BCUT2D eigenvalue weighted by Crippen LogP contribution is -2.35. The molecule has 1 fully saturated rings. The maximum absolute atomic E-state index is 13.3. The average molecular weight is 381 g/mol. The van der Waals surface area contributed by atoms with Crippen LogP contribution in [0.4, 0.5) is 10.2 Å². The number of aromatic nitrogens is 3. The molecule has 1 aliphatic rings. The number of piperidine rings is 1. The summed E-state index contributed by atoms with van der Waals surface area (Å²) >= 11 is 0. The predicted molar refractivity (Wildman–Crippen MR) is 107 cm³/mol. The van der Waals surface area contributed by atoms with Crippen LogP contribution >= 0.6 is 0 Å². The zero-order valence-corrected chi connectivity index (χ0v) is 15.7. The van der Waals surface area contributed by atoms with Gasteiger partial charge in [0.15, 0.2) is 0 Å². The number of H-pyrrole nitrogens is 1.